The van der Waals surface area contributed by atoms with E-state index < -0.39 is 94.3 Å². The smallest absolute Gasteiger partial charge is 0.459 e. The molecule has 3 unspecified atom stereocenters. The lowest BCUT2D eigenvalue weighted by Gasteiger charge is -2.36. The van der Waals surface area contributed by atoms with E-state index in [-0.39, 0.29) is 17.3 Å². The monoisotopic (exact) mass is 829 g/mol. The molecule has 17 nitrogen and oxygen atoms in total. The van der Waals surface area contributed by atoms with Gasteiger partial charge < -0.3 is 29.0 Å². The normalized spacial score (nSPS) is 22.4. The van der Waals surface area contributed by atoms with E-state index in [1.54, 1.807) is 64.1 Å². The van der Waals surface area contributed by atoms with Crippen LogP contribution in [0.1, 0.15) is 54.7 Å². The number of benzene rings is 2. The molecule has 1 aliphatic rings. The quantitative estimate of drug-likeness (QED) is 0.0985. The zero-order valence-electron chi connectivity index (χ0n) is 31.8. The number of esters is 2. The molecule has 2 aromatic carbocycles. The standard InChI is InChI=1S/C35H47F2N5O12P2/c1-22(2)50-30(43)24(5)40-55(46,53-26-14-10-8-11-15-26)48-20-28-34(7,35(36,37)32(52-28)42-19-18-29(38)39-33(42)45)21-49-56(47,54-27-16-12-9-13-17-27)41-25(6)31(44)51-23(3)4/h8-19,22-25,28,32H,20-21H2,1-7H3,(H,40,46)(H,41,47)(H2,38,39,45)/t24-,25-,28+,32+,34?,55?,56?/m0/s1. The third kappa shape index (κ3) is 11.2. The Kier molecular flexibility index (Phi) is 14.6. The largest absolute Gasteiger partial charge is 0.462 e. The third-order valence-corrected chi connectivity index (χ3v) is 11.4. The van der Waals surface area contributed by atoms with Gasteiger partial charge in [-0.05, 0) is 78.8 Å². The van der Waals surface area contributed by atoms with Gasteiger partial charge >= 0.3 is 39.0 Å². The summed E-state index contributed by atoms with van der Waals surface area (Å²) in [7, 11) is -9.39. The summed E-state index contributed by atoms with van der Waals surface area (Å²) in [4.78, 5) is 41.8. The summed E-state index contributed by atoms with van der Waals surface area (Å²) in [6.45, 7) is 7.98. The second-order valence-electron chi connectivity index (χ2n) is 13.6. The van der Waals surface area contributed by atoms with Crippen molar-refractivity contribution in [3.8, 4) is 11.5 Å². The third-order valence-electron chi connectivity index (χ3n) is 8.16. The molecule has 0 amide bonds. The van der Waals surface area contributed by atoms with Crippen molar-refractivity contribution in [1.82, 2.24) is 19.7 Å². The average Bonchev–Trinajstić information content (AvgIpc) is 3.30. The minimum atomic E-state index is -4.74. The fraction of sp³-hybridized carbons (Fsp3) is 0.486. The Morgan fingerprint density at radius 1 is 0.839 bits per heavy atom. The summed E-state index contributed by atoms with van der Waals surface area (Å²) < 4.78 is 102. The van der Waals surface area contributed by atoms with Crippen LogP contribution in [0.15, 0.2) is 77.7 Å². The second kappa shape index (κ2) is 18.4. The maximum absolute atomic E-state index is 16.9. The number of carbonyl (C=O) groups excluding carboxylic acids is 2. The zero-order valence-corrected chi connectivity index (χ0v) is 33.6. The molecular weight excluding hydrogens is 782 g/mol. The minimum Gasteiger partial charge on any atom is -0.462 e. The fourth-order valence-corrected chi connectivity index (χ4v) is 8.29. The van der Waals surface area contributed by atoms with E-state index in [1.165, 1.54) is 38.1 Å². The Bertz CT molecular complexity index is 1960. The van der Waals surface area contributed by atoms with Crippen LogP contribution in [0.2, 0.25) is 0 Å². The molecule has 3 aromatic rings. The molecule has 0 radical (unpaired) electrons. The van der Waals surface area contributed by atoms with Crippen LogP contribution in [0, 0.1) is 5.41 Å². The molecule has 308 valence electrons. The Balaban J connectivity index is 1.73. The lowest BCUT2D eigenvalue weighted by atomic mass is 9.80. The number of aromatic nitrogens is 2. The van der Waals surface area contributed by atoms with Gasteiger partial charge in [0.15, 0.2) is 0 Å². The van der Waals surface area contributed by atoms with Crippen LogP contribution >= 0.6 is 15.5 Å². The number of nitrogens with two attached hydrogens (primary N) is 1. The van der Waals surface area contributed by atoms with E-state index in [9.17, 15) is 23.5 Å². The first-order valence-electron chi connectivity index (χ1n) is 17.5. The van der Waals surface area contributed by atoms with Crippen molar-refractivity contribution in [2.75, 3.05) is 18.9 Å². The van der Waals surface area contributed by atoms with E-state index in [0.717, 1.165) is 19.2 Å². The summed E-state index contributed by atoms with van der Waals surface area (Å²) in [5.41, 5.74) is 1.83. The van der Waals surface area contributed by atoms with Gasteiger partial charge in [0, 0.05) is 6.20 Å². The number of rotatable bonds is 19. The van der Waals surface area contributed by atoms with Crippen molar-refractivity contribution in [3.05, 3.63) is 83.4 Å². The maximum Gasteiger partial charge on any atom is 0.459 e. The van der Waals surface area contributed by atoms with Crippen LogP contribution in [0.5, 0.6) is 11.5 Å². The Morgan fingerprint density at radius 3 is 1.75 bits per heavy atom. The van der Waals surface area contributed by atoms with Gasteiger partial charge in [0.25, 0.3) is 0 Å². The van der Waals surface area contributed by atoms with Crippen molar-refractivity contribution >= 4 is 33.2 Å². The number of nitrogen functional groups attached to an aromatic ring is 1. The molecule has 0 saturated carbocycles. The van der Waals surface area contributed by atoms with Gasteiger partial charge in [0.1, 0.15) is 29.4 Å². The van der Waals surface area contributed by atoms with Gasteiger partial charge in [-0.3, -0.25) is 23.2 Å². The summed E-state index contributed by atoms with van der Waals surface area (Å²) >= 11 is 0. The Labute approximate surface area is 322 Å². The molecule has 1 aromatic heterocycles. The van der Waals surface area contributed by atoms with Gasteiger partial charge in [-0.25, -0.2) is 22.7 Å². The van der Waals surface area contributed by atoms with Crippen molar-refractivity contribution in [2.24, 2.45) is 5.41 Å². The lowest BCUT2D eigenvalue weighted by Crippen LogP contribution is -2.49. The van der Waals surface area contributed by atoms with Crippen LogP contribution in [0.3, 0.4) is 0 Å². The number of anilines is 1. The highest BCUT2D eigenvalue weighted by atomic mass is 31.2. The first-order valence-corrected chi connectivity index (χ1v) is 20.6. The predicted octanol–water partition coefficient (Wildman–Crippen LogP) is 5.63. The van der Waals surface area contributed by atoms with E-state index in [0.29, 0.717) is 4.57 Å². The maximum atomic E-state index is 16.9. The number of alkyl halides is 2. The SMILES string of the molecule is CC(C)OC(=O)[C@H](C)NP(=O)(OC[C@H]1O[C@@H](n2ccc(N)nc2=O)C(F)(F)C1(C)COP(=O)(N[C@@H](C)C(=O)OC(C)C)Oc1ccccc1)Oc1ccccc1. The number of nitrogens with zero attached hydrogens (tertiary/aromatic N) is 2. The predicted molar refractivity (Wildman–Crippen MR) is 199 cm³/mol. The van der Waals surface area contributed by atoms with Crippen LogP contribution in [-0.2, 0) is 42.0 Å². The van der Waals surface area contributed by atoms with Gasteiger partial charge in [0.2, 0.25) is 6.23 Å². The summed E-state index contributed by atoms with van der Waals surface area (Å²) in [5.74, 6) is -5.94. The molecule has 0 spiro atoms. The molecule has 56 heavy (non-hydrogen) atoms. The number of halogens is 2. The van der Waals surface area contributed by atoms with Gasteiger partial charge in [-0.2, -0.15) is 15.2 Å². The van der Waals surface area contributed by atoms with Crippen molar-refractivity contribution in [3.63, 3.8) is 0 Å². The van der Waals surface area contributed by atoms with E-state index in [4.69, 9.17) is 38.0 Å². The number of ether oxygens (including phenoxy) is 3. The summed E-state index contributed by atoms with van der Waals surface area (Å²) in [6, 6.07) is 13.8. The highest BCUT2D eigenvalue weighted by molar-refractivity contribution is 7.52. The number of hydrogen-bond acceptors (Lipinski definition) is 14. The molecule has 4 N–H and O–H groups in total. The molecule has 1 saturated heterocycles. The average molecular weight is 830 g/mol. The number of nitrogens with one attached hydrogen (secondary N) is 2. The molecule has 0 bridgehead atoms. The Hall–Kier alpha value is -4.22. The minimum absolute atomic E-state index is 0.000191. The molecule has 21 heteroatoms. The van der Waals surface area contributed by atoms with E-state index >= 15 is 8.78 Å². The van der Waals surface area contributed by atoms with Gasteiger partial charge in [0.05, 0.1) is 36.9 Å². The van der Waals surface area contributed by atoms with Gasteiger partial charge in [-0.15, -0.1) is 0 Å². The lowest BCUT2D eigenvalue weighted by molar-refractivity contribution is -0.153. The highest BCUT2D eigenvalue weighted by Crippen LogP contribution is 2.58. The van der Waals surface area contributed by atoms with Crippen LogP contribution in [0.4, 0.5) is 14.6 Å². The highest BCUT2D eigenvalue weighted by Gasteiger charge is 2.69. The topological polar surface area (TPSA) is 218 Å². The van der Waals surface area contributed by atoms with E-state index in [1.807, 2.05) is 0 Å². The van der Waals surface area contributed by atoms with Crippen molar-refractivity contribution < 1.29 is 59.8 Å². The first kappa shape index (κ1) is 44.5. The second-order valence-corrected chi connectivity index (χ2v) is 17.0. The van der Waals surface area contributed by atoms with Crippen LogP contribution in [0.25, 0.3) is 0 Å². The Morgan fingerprint density at radius 2 is 1.30 bits per heavy atom. The molecular formula is C35H47F2N5O12P2. The molecule has 4 rings (SSSR count). The summed E-state index contributed by atoms with van der Waals surface area (Å²) in [5, 5.41) is 4.91. The van der Waals surface area contributed by atoms with Crippen molar-refractivity contribution in [1.29, 1.82) is 0 Å². The van der Waals surface area contributed by atoms with E-state index in [2.05, 4.69) is 15.2 Å². The van der Waals surface area contributed by atoms with Crippen LogP contribution in [-0.4, -0.2) is 71.0 Å². The fourth-order valence-electron chi connectivity index (χ4n) is 5.20. The number of hydrogen-bond donors (Lipinski definition) is 3. The number of para-hydroxylation sites is 2. The molecule has 7 atom stereocenters. The van der Waals surface area contributed by atoms with Crippen LogP contribution < -0.4 is 30.6 Å². The molecule has 1 fully saturated rings. The molecule has 2 heterocycles. The number of carbonyl (C=O) groups is 2. The molecule has 1 aliphatic heterocycles. The summed E-state index contributed by atoms with van der Waals surface area (Å²) in [6.07, 6.45) is -4.32. The molecule has 0 aliphatic carbocycles. The van der Waals surface area contributed by atoms with Gasteiger partial charge in [-0.1, -0.05) is 36.4 Å². The zero-order chi connectivity index (χ0) is 41.5. The first-order chi connectivity index (χ1) is 26.2. The van der Waals surface area contributed by atoms with Crippen molar-refractivity contribution in [2.45, 2.75) is 91.0 Å².